The Labute approximate surface area is 172 Å². The molecule has 1 fully saturated rings. The van der Waals surface area contributed by atoms with Crippen LogP contribution in [0.2, 0.25) is 0 Å². The molecule has 29 heavy (non-hydrogen) atoms. The topological polar surface area (TPSA) is 63.5 Å². The van der Waals surface area contributed by atoms with E-state index in [-0.39, 0.29) is 11.7 Å². The molecule has 7 nitrogen and oxygen atoms in total. The number of ether oxygens (including phenoxy) is 1. The van der Waals surface area contributed by atoms with Gasteiger partial charge in [0.2, 0.25) is 0 Å². The van der Waals surface area contributed by atoms with Crippen molar-refractivity contribution < 1.29 is 13.9 Å². The highest BCUT2D eigenvalue weighted by molar-refractivity contribution is 7.22. The second-order valence-electron chi connectivity index (χ2n) is 7.17. The van der Waals surface area contributed by atoms with Crippen LogP contribution in [-0.2, 0) is 11.8 Å². The third kappa shape index (κ3) is 4.47. The van der Waals surface area contributed by atoms with E-state index < -0.39 is 0 Å². The number of aromatic nitrogens is 3. The Bertz CT molecular complexity index is 992. The van der Waals surface area contributed by atoms with Gasteiger partial charge in [0.1, 0.15) is 5.82 Å². The highest BCUT2D eigenvalue weighted by Crippen LogP contribution is 2.30. The fraction of sp³-hybridized carbons (Fsp3) is 0.450. The van der Waals surface area contributed by atoms with E-state index >= 15 is 0 Å². The molecular weight excluding hydrogens is 393 g/mol. The summed E-state index contributed by atoms with van der Waals surface area (Å²) in [6.07, 6.45) is 0.807. The first-order valence-corrected chi connectivity index (χ1v) is 10.5. The second-order valence-corrected chi connectivity index (χ2v) is 8.18. The summed E-state index contributed by atoms with van der Waals surface area (Å²) in [4.78, 5) is 21.8. The van der Waals surface area contributed by atoms with Gasteiger partial charge in [-0.3, -0.25) is 19.3 Å². The van der Waals surface area contributed by atoms with Crippen molar-refractivity contribution in [2.45, 2.75) is 13.3 Å². The minimum Gasteiger partial charge on any atom is -0.379 e. The van der Waals surface area contributed by atoms with Crippen LogP contribution in [0.5, 0.6) is 0 Å². The van der Waals surface area contributed by atoms with Gasteiger partial charge in [-0.2, -0.15) is 5.10 Å². The lowest BCUT2D eigenvalue weighted by molar-refractivity contribution is 0.0376. The standard InChI is InChI=1S/C20H24FN5O2S/c1-14-12-17(23-24(14)2)19(27)26(7-3-6-25-8-10-28-11-9-25)20-22-16-5-4-15(21)13-18(16)29-20/h4-5,12-13H,3,6-11H2,1-2H3. The van der Waals surface area contributed by atoms with Crippen LogP contribution in [0.4, 0.5) is 9.52 Å². The Morgan fingerprint density at radius 1 is 1.31 bits per heavy atom. The van der Waals surface area contributed by atoms with Crippen LogP contribution in [0.1, 0.15) is 22.6 Å². The van der Waals surface area contributed by atoms with E-state index in [9.17, 15) is 9.18 Å². The number of halogens is 1. The molecule has 0 unspecified atom stereocenters. The summed E-state index contributed by atoms with van der Waals surface area (Å²) < 4.78 is 21.4. The third-order valence-electron chi connectivity index (χ3n) is 5.11. The van der Waals surface area contributed by atoms with E-state index in [1.54, 1.807) is 21.7 Å². The predicted octanol–water partition coefficient (Wildman–Crippen LogP) is 2.85. The van der Waals surface area contributed by atoms with Crippen LogP contribution in [0.25, 0.3) is 10.2 Å². The molecule has 1 saturated heterocycles. The largest absolute Gasteiger partial charge is 0.379 e. The summed E-state index contributed by atoms with van der Waals surface area (Å²) in [7, 11) is 1.81. The summed E-state index contributed by atoms with van der Waals surface area (Å²) in [6, 6.07) is 6.27. The summed E-state index contributed by atoms with van der Waals surface area (Å²) in [5.41, 5.74) is 1.99. The quantitative estimate of drug-likeness (QED) is 0.617. The van der Waals surface area contributed by atoms with Crippen molar-refractivity contribution in [2.75, 3.05) is 44.3 Å². The van der Waals surface area contributed by atoms with Gasteiger partial charge in [-0.15, -0.1) is 0 Å². The van der Waals surface area contributed by atoms with Crippen LogP contribution < -0.4 is 4.90 Å². The first kappa shape index (κ1) is 19.9. The fourth-order valence-electron chi connectivity index (χ4n) is 3.37. The first-order valence-electron chi connectivity index (χ1n) is 9.70. The lowest BCUT2D eigenvalue weighted by atomic mass is 10.3. The summed E-state index contributed by atoms with van der Waals surface area (Å²) >= 11 is 1.33. The number of benzene rings is 1. The van der Waals surface area contributed by atoms with Crippen molar-refractivity contribution >= 4 is 32.6 Å². The van der Waals surface area contributed by atoms with Gasteiger partial charge < -0.3 is 4.74 Å². The third-order valence-corrected chi connectivity index (χ3v) is 6.15. The van der Waals surface area contributed by atoms with Crippen molar-refractivity contribution in [3.8, 4) is 0 Å². The monoisotopic (exact) mass is 417 g/mol. The Hall–Kier alpha value is -2.36. The van der Waals surface area contributed by atoms with E-state index in [1.807, 2.05) is 14.0 Å². The second kappa shape index (κ2) is 8.56. The molecule has 0 radical (unpaired) electrons. The zero-order valence-electron chi connectivity index (χ0n) is 16.6. The van der Waals surface area contributed by atoms with Crippen LogP contribution in [0.3, 0.4) is 0 Å². The Morgan fingerprint density at radius 2 is 2.10 bits per heavy atom. The summed E-state index contributed by atoms with van der Waals surface area (Å²) in [5.74, 6) is -0.492. The number of anilines is 1. The van der Waals surface area contributed by atoms with Crippen molar-refractivity contribution in [3.63, 3.8) is 0 Å². The van der Waals surface area contributed by atoms with E-state index in [2.05, 4.69) is 15.0 Å². The van der Waals surface area contributed by atoms with Gasteiger partial charge in [0, 0.05) is 38.9 Å². The molecule has 0 saturated carbocycles. The minimum atomic E-state index is -0.307. The highest BCUT2D eigenvalue weighted by atomic mass is 32.1. The van der Waals surface area contributed by atoms with Gasteiger partial charge in [0.15, 0.2) is 10.8 Å². The molecule has 9 heteroatoms. The molecule has 0 atom stereocenters. The average Bonchev–Trinajstić information content (AvgIpc) is 3.28. The van der Waals surface area contributed by atoms with Crippen LogP contribution in [0, 0.1) is 12.7 Å². The molecule has 0 N–H and O–H groups in total. The molecule has 2 aromatic heterocycles. The first-order chi connectivity index (χ1) is 14.0. The molecule has 3 heterocycles. The Balaban J connectivity index is 1.57. The van der Waals surface area contributed by atoms with Crippen molar-refractivity contribution in [1.82, 2.24) is 19.7 Å². The lowest BCUT2D eigenvalue weighted by Crippen LogP contribution is -2.39. The summed E-state index contributed by atoms with van der Waals surface area (Å²) in [6.45, 7) is 6.63. The Kier molecular flexibility index (Phi) is 5.89. The number of rotatable bonds is 6. The molecule has 1 amide bonds. The van der Waals surface area contributed by atoms with Crippen LogP contribution in [0.15, 0.2) is 24.3 Å². The zero-order chi connectivity index (χ0) is 20.4. The molecule has 1 aliphatic heterocycles. The van der Waals surface area contributed by atoms with Crippen molar-refractivity contribution in [3.05, 3.63) is 41.5 Å². The number of aryl methyl sites for hydroxylation is 2. The van der Waals surface area contributed by atoms with E-state index in [4.69, 9.17) is 4.74 Å². The highest BCUT2D eigenvalue weighted by Gasteiger charge is 2.24. The number of thiazole rings is 1. The van der Waals surface area contributed by atoms with Gasteiger partial charge in [-0.05, 0) is 37.6 Å². The maximum atomic E-state index is 13.6. The van der Waals surface area contributed by atoms with Gasteiger partial charge in [0.05, 0.1) is 23.4 Å². The smallest absolute Gasteiger partial charge is 0.280 e. The number of hydrogen-bond donors (Lipinski definition) is 0. The van der Waals surface area contributed by atoms with Crippen LogP contribution >= 0.6 is 11.3 Å². The molecular formula is C20H24FN5O2S. The molecule has 0 aliphatic carbocycles. The zero-order valence-corrected chi connectivity index (χ0v) is 17.4. The normalized spacial score (nSPS) is 15.1. The van der Waals surface area contributed by atoms with E-state index in [0.717, 1.165) is 49.7 Å². The molecule has 1 aromatic carbocycles. The number of hydrogen-bond acceptors (Lipinski definition) is 6. The van der Waals surface area contributed by atoms with E-state index in [1.165, 1.54) is 23.5 Å². The number of amides is 1. The molecule has 4 rings (SSSR count). The van der Waals surface area contributed by atoms with Gasteiger partial charge in [-0.25, -0.2) is 9.37 Å². The summed E-state index contributed by atoms with van der Waals surface area (Å²) in [5, 5.41) is 4.91. The predicted molar refractivity (Wildman–Crippen MR) is 111 cm³/mol. The maximum absolute atomic E-state index is 13.6. The SMILES string of the molecule is Cc1cc(C(=O)N(CCCN2CCOCC2)c2nc3ccc(F)cc3s2)nn1C. The molecule has 1 aliphatic rings. The number of morpholine rings is 1. The fourth-order valence-corrected chi connectivity index (χ4v) is 4.38. The minimum absolute atomic E-state index is 0.185. The maximum Gasteiger partial charge on any atom is 0.280 e. The van der Waals surface area contributed by atoms with Gasteiger partial charge in [0.25, 0.3) is 5.91 Å². The number of carbonyl (C=O) groups is 1. The molecule has 3 aromatic rings. The Morgan fingerprint density at radius 3 is 2.83 bits per heavy atom. The van der Waals surface area contributed by atoms with Gasteiger partial charge in [-0.1, -0.05) is 11.3 Å². The lowest BCUT2D eigenvalue weighted by Gasteiger charge is -2.27. The van der Waals surface area contributed by atoms with Crippen molar-refractivity contribution in [2.24, 2.45) is 7.05 Å². The molecule has 0 spiro atoms. The molecule has 0 bridgehead atoms. The van der Waals surface area contributed by atoms with Gasteiger partial charge >= 0.3 is 0 Å². The number of fused-ring (bicyclic) bond motifs is 1. The van der Waals surface area contributed by atoms with Crippen molar-refractivity contribution in [1.29, 1.82) is 0 Å². The number of nitrogens with zero attached hydrogens (tertiary/aromatic N) is 5. The average molecular weight is 418 g/mol. The molecule has 154 valence electrons. The number of carbonyl (C=O) groups excluding carboxylic acids is 1. The van der Waals surface area contributed by atoms with Crippen LogP contribution in [-0.4, -0.2) is 65.0 Å². The van der Waals surface area contributed by atoms with E-state index in [0.29, 0.717) is 22.9 Å².